The molecule has 0 saturated heterocycles. The third-order valence-corrected chi connectivity index (χ3v) is 0.738. The lowest BCUT2D eigenvalue weighted by molar-refractivity contribution is -0.0459. The normalized spacial score (nSPS) is 13.9. The third kappa shape index (κ3) is 6.50. The van der Waals surface area contributed by atoms with Gasteiger partial charge in [-0.2, -0.15) is 0 Å². The second-order valence-corrected chi connectivity index (χ2v) is 1.97. The molecule has 0 N–H and O–H groups in total. The summed E-state index contributed by atoms with van der Waals surface area (Å²) >= 11 is 10.5. The lowest BCUT2D eigenvalue weighted by Gasteiger charge is -2.02. The number of halogens is 2. The van der Waals surface area contributed by atoms with Crippen LogP contribution in [0.3, 0.4) is 0 Å². The van der Waals surface area contributed by atoms with Crippen molar-refractivity contribution in [2.75, 3.05) is 12.9 Å². The molecule has 0 aromatic rings. The van der Waals surface area contributed by atoms with Gasteiger partial charge in [-0.25, -0.2) is 0 Å². The molecule has 0 spiro atoms. The summed E-state index contributed by atoms with van der Waals surface area (Å²) in [5.41, 5.74) is -0.307. The summed E-state index contributed by atoms with van der Waals surface area (Å²) in [6, 6.07) is 0.142. The van der Waals surface area contributed by atoms with Gasteiger partial charge in [-0.05, 0) is 6.92 Å². The minimum Gasteiger partial charge on any atom is -0.340 e. The SMILES string of the molecule is C[C@@H](Cl)OCOCCl. The summed E-state index contributed by atoms with van der Waals surface area (Å²) < 4.78 is 9.34. The van der Waals surface area contributed by atoms with Gasteiger partial charge >= 0.3 is 0 Å². The van der Waals surface area contributed by atoms with Crippen LogP contribution in [0, 0.1) is 0 Å². The summed E-state index contributed by atoms with van der Waals surface area (Å²) in [6.45, 7) is 1.87. The Balaban J connectivity index is 2.72. The Morgan fingerprint density at radius 2 is 2.25 bits per heavy atom. The molecule has 4 heteroatoms. The van der Waals surface area contributed by atoms with E-state index in [2.05, 4.69) is 4.74 Å². The van der Waals surface area contributed by atoms with Crippen molar-refractivity contribution < 1.29 is 9.47 Å². The van der Waals surface area contributed by atoms with E-state index in [0.29, 0.717) is 0 Å². The molecule has 0 fully saturated rings. The van der Waals surface area contributed by atoms with Crippen molar-refractivity contribution in [3.63, 3.8) is 0 Å². The molecule has 0 radical (unpaired) electrons. The molecular weight excluding hydrogens is 151 g/mol. The standard InChI is InChI=1S/C4H8Cl2O2/c1-4(6)8-3-7-2-5/h4H,2-3H2,1H3/t4-/m0/s1. The Bertz CT molecular complexity index is 49.3. The average molecular weight is 159 g/mol. The van der Waals surface area contributed by atoms with E-state index >= 15 is 0 Å². The van der Waals surface area contributed by atoms with Crippen molar-refractivity contribution in [2.45, 2.75) is 12.5 Å². The minimum atomic E-state index is -0.307. The maximum atomic E-state index is 5.37. The third-order valence-electron chi connectivity index (χ3n) is 0.458. The fraction of sp³-hybridized carbons (Fsp3) is 1.00. The van der Waals surface area contributed by atoms with Crippen molar-refractivity contribution in [1.29, 1.82) is 0 Å². The van der Waals surface area contributed by atoms with E-state index in [1.165, 1.54) is 0 Å². The second-order valence-electron chi connectivity index (χ2n) is 1.14. The number of alkyl halides is 2. The maximum absolute atomic E-state index is 5.37. The fourth-order valence-electron chi connectivity index (χ4n) is 0.173. The minimum absolute atomic E-state index is 0.142. The van der Waals surface area contributed by atoms with E-state index in [1.807, 2.05) is 0 Å². The second kappa shape index (κ2) is 5.63. The Morgan fingerprint density at radius 3 is 2.62 bits per heavy atom. The maximum Gasteiger partial charge on any atom is 0.150 e. The summed E-state index contributed by atoms with van der Waals surface area (Å²) in [6.07, 6.45) is 0. The highest BCUT2D eigenvalue weighted by molar-refractivity contribution is 6.19. The van der Waals surface area contributed by atoms with E-state index in [0.717, 1.165) is 0 Å². The van der Waals surface area contributed by atoms with Crippen molar-refractivity contribution in [1.82, 2.24) is 0 Å². The first kappa shape index (κ1) is 8.50. The van der Waals surface area contributed by atoms with E-state index in [9.17, 15) is 0 Å². The van der Waals surface area contributed by atoms with Crippen LogP contribution in [0.15, 0.2) is 0 Å². The molecule has 50 valence electrons. The Hall–Kier alpha value is 0.500. The highest BCUT2D eigenvalue weighted by Gasteiger charge is 1.91. The van der Waals surface area contributed by atoms with Gasteiger partial charge in [-0.15, -0.1) is 0 Å². The first-order chi connectivity index (χ1) is 3.77. The fourth-order valence-corrected chi connectivity index (χ4v) is 0.288. The Morgan fingerprint density at radius 1 is 1.62 bits per heavy atom. The Labute approximate surface area is 58.7 Å². The van der Waals surface area contributed by atoms with Crippen LogP contribution < -0.4 is 0 Å². The van der Waals surface area contributed by atoms with Crippen molar-refractivity contribution in [3.05, 3.63) is 0 Å². The molecule has 0 amide bonds. The van der Waals surface area contributed by atoms with Gasteiger partial charge in [0.1, 0.15) is 18.4 Å². The molecule has 0 saturated carbocycles. The molecule has 0 unspecified atom stereocenters. The van der Waals surface area contributed by atoms with Crippen LogP contribution >= 0.6 is 23.2 Å². The first-order valence-corrected chi connectivity index (χ1v) is 3.14. The van der Waals surface area contributed by atoms with E-state index in [4.69, 9.17) is 27.9 Å². The summed E-state index contributed by atoms with van der Waals surface area (Å²) in [5, 5.41) is 0. The highest BCUT2D eigenvalue weighted by Crippen LogP contribution is 1.94. The van der Waals surface area contributed by atoms with Crippen molar-refractivity contribution in [3.8, 4) is 0 Å². The molecule has 0 aliphatic heterocycles. The van der Waals surface area contributed by atoms with E-state index in [-0.39, 0.29) is 18.4 Å². The van der Waals surface area contributed by atoms with E-state index in [1.54, 1.807) is 6.92 Å². The molecule has 0 heterocycles. The molecule has 0 aliphatic rings. The lowest BCUT2D eigenvalue weighted by Crippen LogP contribution is -2.03. The van der Waals surface area contributed by atoms with Crippen LogP contribution in [0.2, 0.25) is 0 Å². The van der Waals surface area contributed by atoms with Crippen LogP contribution in [0.4, 0.5) is 0 Å². The van der Waals surface area contributed by atoms with Gasteiger partial charge < -0.3 is 9.47 Å². The zero-order valence-corrected chi connectivity index (χ0v) is 6.08. The predicted octanol–water partition coefficient (Wildman–Crippen LogP) is 1.76. The van der Waals surface area contributed by atoms with Gasteiger partial charge in [0.2, 0.25) is 0 Å². The predicted molar refractivity (Wildman–Crippen MR) is 33.1 cm³/mol. The van der Waals surface area contributed by atoms with Crippen LogP contribution in [0.5, 0.6) is 0 Å². The topological polar surface area (TPSA) is 18.5 Å². The van der Waals surface area contributed by atoms with Gasteiger partial charge in [-0.3, -0.25) is 0 Å². The van der Waals surface area contributed by atoms with Crippen molar-refractivity contribution in [2.24, 2.45) is 0 Å². The van der Waals surface area contributed by atoms with Crippen LogP contribution in [0.1, 0.15) is 6.92 Å². The average Bonchev–Trinajstić information content (AvgIpc) is 1.66. The van der Waals surface area contributed by atoms with Gasteiger partial charge in [-0.1, -0.05) is 23.2 Å². The zero-order chi connectivity index (χ0) is 6.41. The molecule has 0 aromatic carbocycles. The van der Waals surface area contributed by atoms with Gasteiger partial charge in [0.15, 0.2) is 0 Å². The summed E-state index contributed by atoms with van der Waals surface area (Å²) in [5.74, 6) is 0. The molecule has 1 atom stereocenters. The largest absolute Gasteiger partial charge is 0.340 e. The van der Waals surface area contributed by atoms with Gasteiger partial charge in [0, 0.05) is 0 Å². The van der Waals surface area contributed by atoms with Gasteiger partial charge in [0.25, 0.3) is 0 Å². The lowest BCUT2D eigenvalue weighted by atomic mass is 10.9. The zero-order valence-electron chi connectivity index (χ0n) is 4.56. The number of hydrogen-bond donors (Lipinski definition) is 0. The first-order valence-electron chi connectivity index (χ1n) is 2.16. The Kier molecular flexibility index (Phi) is 5.99. The summed E-state index contributed by atoms with van der Waals surface area (Å²) in [4.78, 5) is 0. The number of ether oxygens (including phenoxy) is 2. The molecule has 2 nitrogen and oxygen atoms in total. The van der Waals surface area contributed by atoms with Crippen LogP contribution in [-0.2, 0) is 9.47 Å². The highest BCUT2D eigenvalue weighted by atomic mass is 35.5. The monoisotopic (exact) mass is 158 g/mol. The smallest absolute Gasteiger partial charge is 0.150 e. The molecular formula is C4H8Cl2O2. The van der Waals surface area contributed by atoms with E-state index < -0.39 is 0 Å². The number of hydrogen-bond acceptors (Lipinski definition) is 2. The molecule has 8 heavy (non-hydrogen) atoms. The number of rotatable bonds is 4. The molecule has 0 bridgehead atoms. The molecule has 0 rings (SSSR count). The summed E-state index contributed by atoms with van der Waals surface area (Å²) in [7, 11) is 0. The van der Waals surface area contributed by atoms with Crippen LogP contribution in [0.25, 0.3) is 0 Å². The van der Waals surface area contributed by atoms with Crippen LogP contribution in [-0.4, -0.2) is 18.4 Å². The molecule has 0 aliphatic carbocycles. The molecule has 0 aromatic heterocycles. The quantitative estimate of drug-likeness (QED) is 0.353. The van der Waals surface area contributed by atoms with Crippen molar-refractivity contribution >= 4 is 23.2 Å². The van der Waals surface area contributed by atoms with Gasteiger partial charge in [0.05, 0.1) is 0 Å².